The van der Waals surface area contributed by atoms with E-state index >= 15 is 0 Å². The van der Waals surface area contributed by atoms with Crippen molar-refractivity contribution in [3.05, 3.63) is 24.0 Å². The molecule has 1 N–H and O–H groups in total. The highest BCUT2D eigenvalue weighted by Gasteiger charge is 2.23. The maximum absolute atomic E-state index is 14.6. The van der Waals surface area contributed by atoms with Crippen molar-refractivity contribution in [2.45, 2.75) is 26.4 Å². The number of Topliss-reactive ketones (excluding diaryl/α,β-unsaturated/α-hetero) is 1. The molecule has 1 aliphatic rings. The predicted molar refractivity (Wildman–Crippen MR) is 95.1 cm³/mol. The van der Waals surface area contributed by atoms with Crippen LogP contribution in [0.25, 0.3) is 0 Å². The minimum atomic E-state index is -1.06. The van der Waals surface area contributed by atoms with E-state index in [2.05, 4.69) is 0 Å². The Morgan fingerprint density at radius 3 is 2.65 bits per heavy atom. The van der Waals surface area contributed by atoms with Gasteiger partial charge in [0.2, 0.25) is 0 Å². The first-order valence-corrected chi connectivity index (χ1v) is 8.66. The lowest BCUT2D eigenvalue weighted by atomic mass is 10.1. The zero-order valence-corrected chi connectivity index (χ0v) is 15.1. The van der Waals surface area contributed by atoms with Crippen molar-refractivity contribution in [1.29, 1.82) is 0 Å². The highest BCUT2D eigenvalue weighted by molar-refractivity contribution is 5.88. The zero-order chi connectivity index (χ0) is 19.1. The minimum absolute atomic E-state index is 0.0930. The molecule has 1 atom stereocenters. The number of aliphatic hydroxyl groups excluding tert-OH is 1. The molecule has 1 fully saturated rings. The first-order valence-electron chi connectivity index (χ1n) is 8.66. The highest BCUT2D eigenvalue weighted by atomic mass is 19.1. The molecule has 0 spiro atoms. The van der Waals surface area contributed by atoms with Gasteiger partial charge in [-0.15, -0.1) is 0 Å². The van der Waals surface area contributed by atoms with Crippen LogP contribution in [0.4, 0.5) is 20.6 Å². The molecule has 0 aromatic heterocycles. The normalized spacial score (nSPS) is 15.5. The van der Waals surface area contributed by atoms with E-state index in [0.29, 0.717) is 32.0 Å². The second-order valence-electron chi connectivity index (χ2n) is 6.10. The number of carbonyl (C=O) groups is 2. The van der Waals surface area contributed by atoms with Crippen molar-refractivity contribution >= 4 is 23.3 Å². The van der Waals surface area contributed by atoms with Crippen molar-refractivity contribution < 1.29 is 28.6 Å². The lowest BCUT2D eigenvalue weighted by Gasteiger charge is -2.30. The summed E-state index contributed by atoms with van der Waals surface area (Å²) in [6.07, 6.45) is -1.85. The van der Waals surface area contributed by atoms with Gasteiger partial charge in [-0.1, -0.05) is 0 Å². The lowest BCUT2D eigenvalue weighted by Crippen LogP contribution is -2.39. The Hall–Kier alpha value is -2.19. The number of amides is 1. The summed E-state index contributed by atoms with van der Waals surface area (Å²) < 4.78 is 24.9. The Bertz CT molecular complexity index is 634. The molecule has 1 aliphatic heterocycles. The van der Waals surface area contributed by atoms with Gasteiger partial charge in [0.25, 0.3) is 0 Å². The van der Waals surface area contributed by atoms with Gasteiger partial charge in [0.15, 0.2) is 0 Å². The van der Waals surface area contributed by atoms with Crippen molar-refractivity contribution in [3.63, 3.8) is 0 Å². The summed E-state index contributed by atoms with van der Waals surface area (Å²) in [6.45, 7) is 5.26. The minimum Gasteiger partial charge on any atom is -0.449 e. The smallest absolute Gasteiger partial charge is 0.414 e. The highest BCUT2D eigenvalue weighted by Crippen LogP contribution is 2.26. The molecule has 0 saturated carbocycles. The summed E-state index contributed by atoms with van der Waals surface area (Å²) in [5.74, 6) is -0.671. The molecule has 0 aliphatic carbocycles. The van der Waals surface area contributed by atoms with Crippen molar-refractivity contribution in [2.24, 2.45) is 0 Å². The molecule has 26 heavy (non-hydrogen) atoms. The number of halogens is 1. The number of carbonyl (C=O) groups excluding carboxylic acids is 2. The van der Waals surface area contributed by atoms with Crippen molar-refractivity contribution in [1.82, 2.24) is 0 Å². The maximum atomic E-state index is 14.6. The van der Waals surface area contributed by atoms with Gasteiger partial charge < -0.3 is 19.5 Å². The van der Waals surface area contributed by atoms with Crippen LogP contribution in [0.3, 0.4) is 0 Å². The van der Waals surface area contributed by atoms with E-state index in [1.54, 1.807) is 19.1 Å². The molecule has 1 aromatic carbocycles. The molecule has 144 valence electrons. The Kier molecular flexibility index (Phi) is 7.35. The van der Waals surface area contributed by atoms with E-state index in [1.165, 1.54) is 13.0 Å². The molecule has 0 radical (unpaired) electrons. The second-order valence-corrected chi connectivity index (χ2v) is 6.10. The average Bonchev–Trinajstić information content (AvgIpc) is 2.60. The maximum Gasteiger partial charge on any atom is 0.414 e. The molecule has 7 nitrogen and oxygen atoms in total. The summed E-state index contributed by atoms with van der Waals surface area (Å²) in [5.41, 5.74) is 0.700. The number of nitrogens with zero attached hydrogens (tertiary/aromatic N) is 2. The van der Waals surface area contributed by atoms with E-state index in [9.17, 15) is 19.1 Å². The number of benzene rings is 1. The summed E-state index contributed by atoms with van der Waals surface area (Å²) >= 11 is 0. The molecule has 0 bridgehead atoms. The number of anilines is 2. The SMILES string of the molecule is CCOC(=O)N(C[C@@H](O)CC(C)=O)c1ccc(N2CCOCC2)c(F)c1. The van der Waals surface area contributed by atoms with Crippen LogP contribution in [-0.4, -0.2) is 62.5 Å². The topological polar surface area (TPSA) is 79.3 Å². The van der Waals surface area contributed by atoms with Crippen LogP contribution < -0.4 is 9.80 Å². The van der Waals surface area contributed by atoms with Crippen LogP contribution in [0.2, 0.25) is 0 Å². The molecule has 1 amide bonds. The van der Waals surface area contributed by atoms with Gasteiger partial charge in [0.05, 0.1) is 43.8 Å². The van der Waals surface area contributed by atoms with Crippen LogP contribution in [-0.2, 0) is 14.3 Å². The number of hydrogen-bond donors (Lipinski definition) is 1. The number of rotatable bonds is 7. The van der Waals surface area contributed by atoms with Crippen LogP contribution in [0, 0.1) is 5.82 Å². The Labute approximate surface area is 152 Å². The molecule has 1 heterocycles. The van der Waals surface area contributed by atoms with Gasteiger partial charge in [0.1, 0.15) is 11.6 Å². The first kappa shape index (κ1) is 20.1. The van der Waals surface area contributed by atoms with Crippen molar-refractivity contribution in [2.75, 3.05) is 49.3 Å². The van der Waals surface area contributed by atoms with E-state index in [1.807, 2.05) is 4.90 Å². The van der Waals surface area contributed by atoms with Gasteiger partial charge in [-0.05, 0) is 32.0 Å². The molecule has 8 heteroatoms. The van der Waals surface area contributed by atoms with Crippen molar-refractivity contribution in [3.8, 4) is 0 Å². The van der Waals surface area contributed by atoms with Crippen LogP contribution in [0.1, 0.15) is 20.3 Å². The third-order valence-corrected chi connectivity index (χ3v) is 4.00. The quantitative estimate of drug-likeness (QED) is 0.793. The number of morpholine rings is 1. The monoisotopic (exact) mass is 368 g/mol. The number of ether oxygens (including phenoxy) is 2. The number of aliphatic hydroxyl groups is 1. The summed E-state index contributed by atoms with van der Waals surface area (Å²) in [4.78, 5) is 26.4. The lowest BCUT2D eigenvalue weighted by molar-refractivity contribution is -0.118. The van der Waals surface area contributed by atoms with Crippen LogP contribution in [0.15, 0.2) is 18.2 Å². The second kappa shape index (κ2) is 9.49. The van der Waals surface area contributed by atoms with Gasteiger partial charge in [-0.25, -0.2) is 9.18 Å². The molecular weight excluding hydrogens is 343 g/mol. The largest absolute Gasteiger partial charge is 0.449 e. The molecular formula is C18H25FN2O5. The standard InChI is InChI=1S/C18H25FN2O5/c1-3-26-18(24)21(12-15(23)10-13(2)22)14-4-5-17(16(19)11-14)20-6-8-25-9-7-20/h4-5,11,15,23H,3,6-10,12H2,1-2H3/t15-/m0/s1. The fraction of sp³-hybridized carbons (Fsp3) is 0.556. The number of ketones is 1. The van der Waals surface area contributed by atoms with Gasteiger partial charge in [-0.2, -0.15) is 0 Å². The summed E-state index contributed by atoms with van der Waals surface area (Å²) in [6, 6.07) is 4.44. The Balaban J connectivity index is 2.21. The third-order valence-electron chi connectivity index (χ3n) is 4.00. The Morgan fingerprint density at radius 2 is 2.08 bits per heavy atom. The van der Waals surface area contributed by atoms with E-state index in [4.69, 9.17) is 9.47 Å². The van der Waals surface area contributed by atoms with Crippen LogP contribution >= 0.6 is 0 Å². The average molecular weight is 368 g/mol. The molecule has 0 unspecified atom stereocenters. The predicted octanol–water partition coefficient (Wildman–Crippen LogP) is 1.97. The van der Waals surface area contributed by atoms with E-state index < -0.39 is 18.0 Å². The van der Waals surface area contributed by atoms with Gasteiger partial charge >= 0.3 is 6.09 Å². The zero-order valence-electron chi connectivity index (χ0n) is 15.1. The fourth-order valence-corrected chi connectivity index (χ4v) is 2.82. The molecule has 2 rings (SSSR count). The summed E-state index contributed by atoms with van der Waals surface area (Å²) in [5, 5.41) is 10.0. The molecule has 1 saturated heterocycles. The van der Waals surface area contributed by atoms with Gasteiger partial charge in [0, 0.05) is 19.5 Å². The Morgan fingerprint density at radius 1 is 1.38 bits per heavy atom. The first-order chi connectivity index (χ1) is 12.4. The van der Waals surface area contributed by atoms with Gasteiger partial charge in [-0.3, -0.25) is 9.69 Å². The summed E-state index contributed by atoms with van der Waals surface area (Å²) in [7, 11) is 0. The third kappa shape index (κ3) is 5.40. The fourth-order valence-electron chi connectivity index (χ4n) is 2.82. The molecule has 1 aromatic rings. The van der Waals surface area contributed by atoms with E-state index in [-0.39, 0.29) is 31.0 Å². The van der Waals surface area contributed by atoms with E-state index in [0.717, 1.165) is 4.90 Å². The number of hydrogen-bond acceptors (Lipinski definition) is 6. The van der Waals surface area contributed by atoms with Crippen LogP contribution in [0.5, 0.6) is 0 Å².